The minimum absolute atomic E-state index is 0.121. The van der Waals surface area contributed by atoms with Gasteiger partial charge in [-0.25, -0.2) is 8.42 Å². The number of carbonyl (C=O) groups is 1. The summed E-state index contributed by atoms with van der Waals surface area (Å²) in [5, 5.41) is 4.49. The number of rotatable bonds is 7. The molecule has 1 aliphatic heterocycles. The maximum absolute atomic E-state index is 13.1. The molecule has 0 saturated carbocycles. The summed E-state index contributed by atoms with van der Waals surface area (Å²) in [6.45, 7) is 6.72. The quantitative estimate of drug-likeness (QED) is 0.698. The standard InChI is InChI=1S/C20H27N3O3S2/c1-3-4-9-21-20(24)19-18(8-14-27-19)28(25,26)23-12-10-22(11-13-23)17-7-5-6-16(2)15-17/h5-8,14-15H,3-4,9-13H2,1-2H3,(H,21,24). The largest absolute Gasteiger partial charge is 0.369 e. The predicted octanol–water partition coefficient (Wildman–Crippen LogP) is 3.10. The molecule has 0 radical (unpaired) electrons. The highest BCUT2D eigenvalue weighted by Crippen LogP contribution is 2.27. The molecule has 3 rings (SSSR count). The van der Waals surface area contributed by atoms with Crippen LogP contribution in [-0.4, -0.2) is 51.4 Å². The van der Waals surface area contributed by atoms with Gasteiger partial charge in [-0.2, -0.15) is 4.31 Å². The highest BCUT2D eigenvalue weighted by atomic mass is 32.2. The van der Waals surface area contributed by atoms with Crippen LogP contribution in [0.25, 0.3) is 0 Å². The molecule has 1 amide bonds. The summed E-state index contributed by atoms with van der Waals surface area (Å²) in [6, 6.07) is 9.77. The molecule has 0 bridgehead atoms. The van der Waals surface area contributed by atoms with Crippen molar-refractivity contribution in [1.82, 2.24) is 9.62 Å². The first kappa shape index (κ1) is 20.8. The average molecular weight is 422 g/mol. The molecule has 0 spiro atoms. The Kier molecular flexibility index (Phi) is 6.74. The smallest absolute Gasteiger partial charge is 0.262 e. The van der Waals surface area contributed by atoms with Crippen molar-refractivity contribution in [3.8, 4) is 0 Å². The Balaban J connectivity index is 1.70. The lowest BCUT2D eigenvalue weighted by molar-refractivity contribution is 0.0954. The minimum Gasteiger partial charge on any atom is -0.369 e. The third-order valence-corrected chi connectivity index (χ3v) is 7.86. The molecule has 1 N–H and O–H groups in total. The fraction of sp³-hybridized carbons (Fsp3) is 0.450. The van der Waals surface area contributed by atoms with E-state index in [1.165, 1.54) is 21.2 Å². The molecule has 0 atom stereocenters. The van der Waals surface area contributed by atoms with E-state index in [0.717, 1.165) is 18.5 Å². The van der Waals surface area contributed by atoms with Crippen LogP contribution in [0.15, 0.2) is 40.6 Å². The Morgan fingerprint density at radius 1 is 1.18 bits per heavy atom. The van der Waals surface area contributed by atoms with E-state index in [9.17, 15) is 13.2 Å². The SMILES string of the molecule is CCCCNC(=O)c1sccc1S(=O)(=O)N1CCN(c2cccc(C)c2)CC1. The molecule has 8 heteroatoms. The summed E-state index contributed by atoms with van der Waals surface area (Å²) in [5.74, 6) is -0.305. The van der Waals surface area contributed by atoms with Gasteiger partial charge in [0.1, 0.15) is 9.77 Å². The average Bonchev–Trinajstić information content (AvgIpc) is 3.19. The summed E-state index contributed by atoms with van der Waals surface area (Å²) >= 11 is 1.18. The molecule has 1 aromatic carbocycles. The van der Waals surface area contributed by atoms with E-state index in [4.69, 9.17) is 0 Å². The molecular formula is C20H27N3O3S2. The van der Waals surface area contributed by atoms with Gasteiger partial charge in [0.2, 0.25) is 10.0 Å². The number of amides is 1. The molecule has 1 fully saturated rings. The number of aryl methyl sites for hydroxylation is 1. The predicted molar refractivity (Wildman–Crippen MR) is 114 cm³/mol. The first-order chi connectivity index (χ1) is 13.4. The lowest BCUT2D eigenvalue weighted by Gasteiger charge is -2.35. The first-order valence-electron chi connectivity index (χ1n) is 9.61. The summed E-state index contributed by atoms with van der Waals surface area (Å²) in [4.78, 5) is 15.0. The highest BCUT2D eigenvalue weighted by Gasteiger charge is 2.32. The fourth-order valence-electron chi connectivity index (χ4n) is 3.28. The first-order valence-corrected chi connectivity index (χ1v) is 11.9. The van der Waals surface area contributed by atoms with Crippen LogP contribution in [0.5, 0.6) is 0 Å². The van der Waals surface area contributed by atoms with Gasteiger partial charge in [0.25, 0.3) is 5.91 Å². The second-order valence-corrected chi connectivity index (χ2v) is 9.78. The van der Waals surface area contributed by atoms with E-state index in [-0.39, 0.29) is 15.7 Å². The van der Waals surface area contributed by atoms with Crippen molar-refractivity contribution >= 4 is 33.0 Å². The highest BCUT2D eigenvalue weighted by molar-refractivity contribution is 7.89. The zero-order chi connectivity index (χ0) is 20.1. The zero-order valence-electron chi connectivity index (χ0n) is 16.3. The molecule has 2 heterocycles. The number of nitrogens with zero attached hydrogens (tertiary/aromatic N) is 2. The number of nitrogens with one attached hydrogen (secondary N) is 1. The van der Waals surface area contributed by atoms with Gasteiger partial charge < -0.3 is 10.2 Å². The van der Waals surface area contributed by atoms with Crippen molar-refractivity contribution < 1.29 is 13.2 Å². The number of anilines is 1. The van der Waals surface area contributed by atoms with E-state index in [1.54, 1.807) is 11.4 Å². The molecule has 1 aromatic heterocycles. The van der Waals surface area contributed by atoms with Gasteiger partial charge in [-0.05, 0) is 42.5 Å². The van der Waals surface area contributed by atoms with E-state index in [0.29, 0.717) is 32.7 Å². The van der Waals surface area contributed by atoms with Crippen molar-refractivity contribution in [3.63, 3.8) is 0 Å². The van der Waals surface area contributed by atoms with Crippen molar-refractivity contribution in [1.29, 1.82) is 0 Å². The van der Waals surface area contributed by atoms with Crippen molar-refractivity contribution in [3.05, 3.63) is 46.2 Å². The second kappa shape index (κ2) is 9.07. The van der Waals surface area contributed by atoms with Gasteiger partial charge in [0, 0.05) is 38.4 Å². The summed E-state index contributed by atoms with van der Waals surface area (Å²) in [6.07, 6.45) is 1.85. The number of hydrogen-bond donors (Lipinski definition) is 1. The van der Waals surface area contributed by atoms with Gasteiger partial charge in [-0.3, -0.25) is 4.79 Å². The van der Waals surface area contributed by atoms with Gasteiger partial charge >= 0.3 is 0 Å². The molecule has 28 heavy (non-hydrogen) atoms. The van der Waals surface area contributed by atoms with Crippen LogP contribution < -0.4 is 10.2 Å². The normalized spacial score (nSPS) is 15.6. The maximum atomic E-state index is 13.1. The topological polar surface area (TPSA) is 69.7 Å². The molecular weight excluding hydrogens is 394 g/mol. The third-order valence-electron chi connectivity index (χ3n) is 4.87. The number of piperazine rings is 1. The number of unbranched alkanes of at least 4 members (excludes halogenated alkanes) is 1. The van der Waals surface area contributed by atoms with Gasteiger partial charge in [0.05, 0.1) is 0 Å². The number of benzene rings is 1. The van der Waals surface area contributed by atoms with Crippen LogP contribution in [0.1, 0.15) is 35.0 Å². The molecule has 152 valence electrons. The Bertz CT molecular complexity index is 916. The summed E-state index contributed by atoms with van der Waals surface area (Å²) in [7, 11) is -3.68. The van der Waals surface area contributed by atoms with Gasteiger partial charge in [-0.1, -0.05) is 25.5 Å². The van der Waals surface area contributed by atoms with Crippen molar-refractivity contribution in [2.75, 3.05) is 37.6 Å². The minimum atomic E-state index is -3.68. The molecule has 1 aliphatic rings. The van der Waals surface area contributed by atoms with Gasteiger partial charge in [-0.15, -0.1) is 11.3 Å². The molecule has 0 unspecified atom stereocenters. The number of thiophene rings is 1. The van der Waals surface area contributed by atoms with Crippen LogP contribution in [0.4, 0.5) is 5.69 Å². The van der Waals surface area contributed by atoms with Crippen molar-refractivity contribution in [2.24, 2.45) is 0 Å². The molecule has 0 aliphatic carbocycles. The van der Waals surface area contributed by atoms with E-state index in [1.807, 2.05) is 26.0 Å². The van der Waals surface area contributed by atoms with Crippen LogP contribution in [0.2, 0.25) is 0 Å². The van der Waals surface area contributed by atoms with Crippen molar-refractivity contribution in [2.45, 2.75) is 31.6 Å². The lowest BCUT2D eigenvalue weighted by Crippen LogP contribution is -2.48. The number of carbonyl (C=O) groups excluding carboxylic acids is 1. The monoisotopic (exact) mass is 421 g/mol. The van der Waals surface area contributed by atoms with E-state index < -0.39 is 10.0 Å². The molecule has 2 aromatic rings. The van der Waals surface area contributed by atoms with E-state index in [2.05, 4.69) is 22.3 Å². The molecule has 6 nitrogen and oxygen atoms in total. The number of hydrogen-bond acceptors (Lipinski definition) is 5. The summed E-state index contributed by atoms with van der Waals surface area (Å²) < 4.78 is 27.8. The maximum Gasteiger partial charge on any atom is 0.262 e. The van der Waals surface area contributed by atoms with Crippen LogP contribution >= 0.6 is 11.3 Å². The lowest BCUT2D eigenvalue weighted by atomic mass is 10.2. The summed E-state index contributed by atoms with van der Waals surface area (Å²) in [5.41, 5.74) is 2.30. The Morgan fingerprint density at radius 3 is 2.61 bits per heavy atom. The number of sulfonamides is 1. The Hall–Kier alpha value is -1.90. The van der Waals surface area contributed by atoms with E-state index >= 15 is 0 Å². The Labute approximate surface area is 171 Å². The van der Waals surface area contributed by atoms with Crippen LogP contribution in [-0.2, 0) is 10.0 Å². The second-order valence-electron chi connectivity index (χ2n) is 6.95. The van der Waals surface area contributed by atoms with Crippen LogP contribution in [0, 0.1) is 6.92 Å². The zero-order valence-corrected chi connectivity index (χ0v) is 18.0. The van der Waals surface area contributed by atoms with Crippen LogP contribution in [0.3, 0.4) is 0 Å². The van der Waals surface area contributed by atoms with Gasteiger partial charge in [0.15, 0.2) is 0 Å². The Morgan fingerprint density at radius 2 is 1.93 bits per heavy atom. The fourth-order valence-corrected chi connectivity index (χ4v) is 6.01. The third kappa shape index (κ3) is 4.56. The molecule has 1 saturated heterocycles.